The molecule has 8 nitrogen and oxygen atoms in total. The van der Waals surface area contributed by atoms with Crippen LogP contribution in [0.15, 0.2) is 48.5 Å². The first-order valence-corrected chi connectivity index (χ1v) is 13.0. The second kappa shape index (κ2) is 9.42. The van der Waals surface area contributed by atoms with Crippen LogP contribution in [0.2, 0.25) is 5.02 Å². The summed E-state index contributed by atoms with van der Waals surface area (Å²) in [7, 11) is 0. The van der Waals surface area contributed by atoms with Crippen molar-refractivity contribution < 1.29 is 24.2 Å². The number of aliphatic hydroxyl groups excluding tert-OH is 1. The van der Waals surface area contributed by atoms with Crippen molar-refractivity contribution >= 4 is 35.0 Å². The first kappa shape index (κ1) is 25.7. The lowest BCUT2D eigenvalue weighted by Crippen LogP contribution is -2.54. The van der Waals surface area contributed by atoms with Gasteiger partial charge in [-0.2, -0.15) is 0 Å². The van der Waals surface area contributed by atoms with Crippen LogP contribution in [0.4, 0.5) is 5.69 Å². The van der Waals surface area contributed by atoms with Crippen LogP contribution in [0, 0.1) is 24.7 Å². The van der Waals surface area contributed by atoms with Crippen molar-refractivity contribution in [1.29, 1.82) is 0 Å². The average Bonchev–Trinajstić information content (AvgIpc) is 3.38. The smallest absolute Gasteiger partial charge is 0.250 e. The van der Waals surface area contributed by atoms with Crippen molar-refractivity contribution in [2.75, 3.05) is 18.5 Å². The highest BCUT2D eigenvalue weighted by molar-refractivity contribution is 6.34. The van der Waals surface area contributed by atoms with Gasteiger partial charge in [-0.1, -0.05) is 61.0 Å². The number of anilines is 1. The molecule has 2 bridgehead atoms. The Kier molecular flexibility index (Phi) is 6.54. The Morgan fingerprint density at radius 3 is 2.57 bits per heavy atom. The van der Waals surface area contributed by atoms with E-state index in [0.29, 0.717) is 23.7 Å². The highest BCUT2D eigenvalue weighted by atomic mass is 35.5. The summed E-state index contributed by atoms with van der Waals surface area (Å²) in [6.07, 6.45) is 0.448. The molecule has 2 aromatic rings. The Morgan fingerprint density at radius 1 is 1.16 bits per heavy atom. The molecule has 3 heterocycles. The number of hydrogen-bond donors (Lipinski definition) is 3. The zero-order chi connectivity index (χ0) is 26.5. The molecule has 37 heavy (non-hydrogen) atoms. The minimum atomic E-state index is -1.19. The predicted molar refractivity (Wildman–Crippen MR) is 139 cm³/mol. The number of para-hydroxylation sites is 1. The molecule has 9 heteroatoms. The SMILES string of the molecule is Cc1cccc(Cl)c1NC(=O)C1N(CCO)C(=O)[C@@H]2[C@@H](C(=O)NCc3ccccc3)[C@]3(C)OC12CC3C. The molecule has 196 valence electrons. The van der Waals surface area contributed by atoms with Crippen LogP contribution in [0.1, 0.15) is 31.4 Å². The third kappa shape index (κ3) is 3.93. The minimum Gasteiger partial charge on any atom is -0.395 e. The number of carbonyl (C=O) groups is 3. The van der Waals surface area contributed by atoms with E-state index in [4.69, 9.17) is 16.3 Å². The lowest BCUT2D eigenvalue weighted by Gasteiger charge is -2.36. The Bertz CT molecular complexity index is 1220. The highest BCUT2D eigenvalue weighted by Gasteiger charge is 2.79. The summed E-state index contributed by atoms with van der Waals surface area (Å²) in [6, 6.07) is 13.9. The van der Waals surface area contributed by atoms with Crippen molar-refractivity contribution in [2.45, 2.75) is 51.0 Å². The summed E-state index contributed by atoms with van der Waals surface area (Å²) in [5.74, 6) is -2.74. The number of likely N-dealkylation sites (tertiary alicyclic amines) is 1. The largest absolute Gasteiger partial charge is 0.395 e. The molecule has 0 aliphatic carbocycles. The second-order valence-electron chi connectivity index (χ2n) is 10.6. The molecule has 3 saturated heterocycles. The first-order valence-electron chi connectivity index (χ1n) is 12.6. The van der Waals surface area contributed by atoms with Gasteiger partial charge < -0.3 is 25.4 Å². The minimum absolute atomic E-state index is 0.0382. The fourth-order valence-electron chi connectivity index (χ4n) is 6.66. The number of halogens is 1. The number of amides is 3. The molecule has 0 radical (unpaired) electrons. The van der Waals surface area contributed by atoms with Gasteiger partial charge in [-0.25, -0.2) is 0 Å². The Morgan fingerprint density at radius 2 is 1.89 bits per heavy atom. The number of fused-ring (bicyclic) bond motifs is 1. The van der Waals surface area contributed by atoms with Gasteiger partial charge in [0.15, 0.2) is 0 Å². The second-order valence-corrected chi connectivity index (χ2v) is 11.0. The molecule has 3 aliphatic heterocycles. The number of aryl methyl sites for hydroxylation is 1. The van der Waals surface area contributed by atoms with Crippen molar-refractivity contribution in [3.63, 3.8) is 0 Å². The summed E-state index contributed by atoms with van der Waals surface area (Å²) >= 11 is 6.37. The summed E-state index contributed by atoms with van der Waals surface area (Å²) in [6.45, 7) is 5.67. The van der Waals surface area contributed by atoms with Gasteiger partial charge in [0.1, 0.15) is 11.6 Å². The van der Waals surface area contributed by atoms with Gasteiger partial charge in [0.25, 0.3) is 0 Å². The molecular weight excluding hydrogens is 494 g/mol. The molecule has 3 fully saturated rings. The van der Waals surface area contributed by atoms with Crippen LogP contribution >= 0.6 is 11.6 Å². The zero-order valence-corrected chi connectivity index (χ0v) is 21.9. The molecule has 3 amide bonds. The van der Waals surface area contributed by atoms with Crippen molar-refractivity contribution in [3.8, 4) is 0 Å². The number of rotatable bonds is 7. The van der Waals surface area contributed by atoms with Gasteiger partial charge in [-0.05, 0) is 43.4 Å². The van der Waals surface area contributed by atoms with Crippen LogP contribution in [0.3, 0.4) is 0 Å². The van der Waals surface area contributed by atoms with E-state index in [1.54, 1.807) is 12.1 Å². The van der Waals surface area contributed by atoms with Gasteiger partial charge >= 0.3 is 0 Å². The van der Waals surface area contributed by atoms with Crippen LogP contribution in [-0.2, 0) is 25.7 Å². The average molecular weight is 526 g/mol. The summed E-state index contributed by atoms with van der Waals surface area (Å²) < 4.78 is 6.65. The molecular formula is C28H32ClN3O5. The predicted octanol–water partition coefficient (Wildman–Crippen LogP) is 2.91. The molecule has 0 aromatic heterocycles. The maximum Gasteiger partial charge on any atom is 0.250 e. The number of hydrogen-bond acceptors (Lipinski definition) is 5. The van der Waals surface area contributed by atoms with Crippen LogP contribution in [-0.4, -0.2) is 58.1 Å². The number of β-amino-alcohol motifs (C(OH)–C–C–N with tert-alkyl or cyclic N) is 1. The number of benzene rings is 2. The molecule has 6 atom stereocenters. The lowest BCUT2D eigenvalue weighted by molar-refractivity contribution is -0.146. The highest BCUT2D eigenvalue weighted by Crippen LogP contribution is 2.65. The summed E-state index contributed by atoms with van der Waals surface area (Å²) in [5, 5.41) is 16.1. The van der Waals surface area contributed by atoms with Crippen molar-refractivity contribution in [1.82, 2.24) is 10.2 Å². The summed E-state index contributed by atoms with van der Waals surface area (Å²) in [4.78, 5) is 42.7. The third-order valence-corrected chi connectivity index (χ3v) is 8.78. The van der Waals surface area contributed by atoms with E-state index in [1.807, 2.05) is 57.2 Å². The van der Waals surface area contributed by atoms with E-state index >= 15 is 0 Å². The van der Waals surface area contributed by atoms with E-state index in [2.05, 4.69) is 10.6 Å². The van der Waals surface area contributed by atoms with E-state index < -0.39 is 35.0 Å². The van der Waals surface area contributed by atoms with Gasteiger partial charge in [0.2, 0.25) is 17.7 Å². The van der Waals surface area contributed by atoms with Crippen LogP contribution in [0.25, 0.3) is 0 Å². The first-order chi connectivity index (χ1) is 17.6. The van der Waals surface area contributed by atoms with Crippen LogP contribution < -0.4 is 10.6 Å². The van der Waals surface area contributed by atoms with E-state index in [-0.39, 0.29) is 30.9 Å². The molecule has 3 aliphatic rings. The number of aliphatic hydroxyl groups is 1. The summed E-state index contributed by atoms with van der Waals surface area (Å²) in [5.41, 5.74) is 0.0944. The van der Waals surface area contributed by atoms with Gasteiger partial charge in [-0.3, -0.25) is 14.4 Å². The van der Waals surface area contributed by atoms with Gasteiger partial charge in [0, 0.05) is 13.1 Å². The Balaban J connectivity index is 1.49. The topological polar surface area (TPSA) is 108 Å². The van der Waals surface area contributed by atoms with E-state index in [1.165, 1.54) is 4.90 Å². The molecule has 1 spiro atoms. The van der Waals surface area contributed by atoms with Crippen molar-refractivity contribution in [2.24, 2.45) is 17.8 Å². The normalized spacial score (nSPS) is 31.9. The fraction of sp³-hybridized carbons (Fsp3) is 0.464. The molecule has 2 aromatic carbocycles. The molecule has 5 rings (SSSR count). The van der Waals surface area contributed by atoms with Gasteiger partial charge in [0.05, 0.1) is 34.8 Å². The Hall–Kier alpha value is -2.94. The molecule has 0 saturated carbocycles. The molecule has 3 N–H and O–H groups in total. The number of nitrogens with one attached hydrogen (secondary N) is 2. The van der Waals surface area contributed by atoms with Crippen molar-refractivity contribution in [3.05, 3.63) is 64.7 Å². The number of nitrogens with zero attached hydrogens (tertiary/aromatic N) is 1. The molecule has 3 unspecified atom stereocenters. The zero-order valence-electron chi connectivity index (χ0n) is 21.2. The monoisotopic (exact) mass is 525 g/mol. The van der Waals surface area contributed by atoms with Crippen LogP contribution in [0.5, 0.6) is 0 Å². The quantitative estimate of drug-likeness (QED) is 0.515. The standard InChI is InChI=1S/C28H32ClN3O5/c1-16-8-7-11-19(29)22(16)31-25(35)23-28-14-17(2)27(3,37-28)20(21(28)26(36)32(23)12-13-33)24(34)30-15-18-9-5-4-6-10-18/h4-11,17,20-21,23,33H,12-15H2,1-3H3,(H,30,34)(H,31,35)/t17?,20-,21-,23?,27+,28?/m0/s1. The van der Waals surface area contributed by atoms with E-state index in [9.17, 15) is 19.5 Å². The Labute approximate surface area is 221 Å². The number of carbonyl (C=O) groups excluding carboxylic acids is 3. The maximum atomic E-state index is 13.8. The van der Waals surface area contributed by atoms with E-state index in [0.717, 1.165) is 11.1 Å². The number of ether oxygens (including phenoxy) is 1. The maximum absolute atomic E-state index is 13.8. The third-order valence-electron chi connectivity index (χ3n) is 8.47. The lowest BCUT2D eigenvalue weighted by atomic mass is 9.62. The van der Waals surface area contributed by atoms with Gasteiger partial charge in [-0.15, -0.1) is 0 Å². The fourth-order valence-corrected chi connectivity index (χ4v) is 6.93.